The zero-order valence-electron chi connectivity index (χ0n) is 25.8. The number of nitriles is 1. The lowest BCUT2D eigenvalue weighted by atomic mass is 9.31. The van der Waals surface area contributed by atoms with Crippen LogP contribution in [0.5, 0.6) is 0 Å². The summed E-state index contributed by atoms with van der Waals surface area (Å²) in [5, 5.41) is 23.6. The van der Waals surface area contributed by atoms with Crippen LogP contribution in [0.2, 0.25) is 0 Å². The average molecular weight is 546 g/mol. The SMILES string of the molecule is CC[C@]1(C)CC[C@]2(c3nnn(C)n3)CC[C@]3(C)C(C(=O)C[C@@H]4[C@@]5(C)C=C(C#N)C(=O)C(C)(C)[C@@H]5CC[C@]43C)C2C1. The van der Waals surface area contributed by atoms with Crippen molar-refractivity contribution in [3.05, 3.63) is 17.5 Å². The van der Waals surface area contributed by atoms with Crippen LogP contribution in [-0.2, 0) is 22.1 Å². The third kappa shape index (κ3) is 3.25. The van der Waals surface area contributed by atoms with Crippen LogP contribution in [0.1, 0.15) is 112 Å². The lowest BCUT2D eigenvalue weighted by molar-refractivity contribution is -0.215. The van der Waals surface area contributed by atoms with Crippen LogP contribution in [0.4, 0.5) is 0 Å². The summed E-state index contributed by atoms with van der Waals surface area (Å²) >= 11 is 0. The van der Waals surface area contributed by atoms with E-state index in [-0.39, 0.29) is 62.1 Å². The van der Waals surface area contributed by atoms with Gasteiger partial charge in [-0.2, -0.15) is 10.1 Å². The number of aromatic nitrogens is 4. The number of fused-ring (bicyclic) bond motifs is 7. The largest absolute Gasteiger partial charge is 0.299 e. The highest BCUT2D eigenvalue weighted by molar-refractivity contribution is 6.04. The van der Waals surface area contributed by atoms with Crippen molar-refractivity contribution in [3.8, 4) is 6.07 Å². The van der Waals surface area contributed by atoms with E-state index < -0.39 is 5.41 Å². The molecule has 1 aromatic rings. The maximum absolute atomic E-state index is 14.7. The van der Waals surface area contributed by atoms with Gasteiger partial charge in [0.25, 0.3) is 0 Å². The Morgan fingerprint density at radius 3 is 2.33 bits per heavy atom. The molecule has 2 unspecified atom stereocenters. The van der Waals surface area contributed by atoms with E-state index in [1.54, 1.807) is 4.80 Å². The van der Waals surface area contributed by atoms with Gasteiger partial charge in [0, 0.05) is 23.2 Å². The van der Waals surface area contributed by atoms with E-state index in [9.17, 15) is 14.9 Å². The average Bonchev–Trinajstić information content (AvgIpc) is 3.34. The molecule has 4 saturated carbocycles. The first-order valence-corrected chi connectivity index (χ1v) is 15.6. The molecule has 0 aliphatic heterocycles. The molecule has 7 nitrogen and oxygen atoms in total. The van der Waals surface area contributed by atoms with Crippen LogP contribution >= 0.6 is 0 Å². The second kappa shape index (κ2) is 8.35. The maximum atomic E-state index is 14.7. The second-order valence-corrected chi connectivity index (χ2v) is 15.9. The number of ketones is 2. The topological polar surface area (TPSA) is 102 Å². The second-order valence-electron chi connectivity index (χ2n) is 15.9. The Bertz CT molecular complexity index is 1350. The molecule has 7 heteroatoms. The number of rotatable bonds is 2. The highest BCUT2D eigenvalue weighted by Gasteiger charge is 2.72. The Balaban J connectivity index is 1.49. The Kier molecular flexibility index (Phi) is 5.80. The first kappa shape index (κ1) is 27.8. The van der Waals surface area contributed by atoms with Crippen LogP contribution < -0.4 is 0 Å². The van der Waals surface area contributed by atoms with Crippen molar-refractivity contribution in [2.24, 2.45) is 57.8 Å². The summed E-state index contributed by atoms with van der Waals surface area (Å²) in [5.74, 6) is 1.56. The van der Waals surface area contributed by atoms with E-state index in [1.165, 1.54) is 0 Å². The predicted octanol–water partition coefficient (Wildman–Crippen LogP) is 6.15. The van der Waals surface area contributed by atoms with E-state index in [2.05, 4.69) is 51.0 Å². The van der Waals surface area contributed by atoms with Gasteiger partial charge in [-0.3, -0.25) is 9.59 Å². The Hall–Kier alpha value is -2.36. The fraction of sp³-hybridized carbons (Fsp3) is 0.818. The van der Waals surface area contributed by atoms with Crippen LogP contribution in [-0.4, -0.2) is 31.8 Å². The van der Waals surface area contributed by atoms with Crippen LogP contribution in [0.25, 0.3) is 0 Å². The van der Waals surface area contributed by atoms with Crippen molar-refractivity contribution < 1.29 is 9.59 Å². The van der Waals surface area contributed by atoms with Gasteiger partial charge in [0.2, 0.25) is 0 Å². The first-order chi connectivity index (χ1) is 18.6. The van der Waals surface area contributed by atoms with Crippen LogP contribution in [0.3, 0.4) is 0 Å². The standard InChI is InChI=1S/C33H47N5O2/c1-9-29(4)12-14-33(27-35-37-38(8)36-27)15-13-32(7)25(21(33)18-29)22(39)16-24-30(5)17-20(19-34)26(40)28(2,3)23(30)10-11-31(24,32)6/h17,21,23-25H,9-16,18H2,1-8H3/t21?,23-,24+,25?,29+,30-,31+,32+,33-/m0/s1. The van der Waals surface area contributed by atoms with Gasteiger partial charge in [-0.05, 0) is 89.6 Å². The monoisotopic (exact) mass is 545 g/mol. The van der Waals surface area contributed by atoms with Crippen molar-refractivity contribution in [3.63, 3.8) is 0 Å². The Morgan fingerprint density at radius 1 is 1.00 bits per heavy atom. The number of nitrogens with zero attached hydrogens (tertiary/aromatic N) is 5. The summed E-state index contributed by atoms with van der Waals surface area (Å²) in [7, 11) is 1.84. The number of hydrogen-bond acceptors (Lipinski definition) is 6. The number of Topliss-reactive ketones (excluding diaryl/α,β-unsaturated/α-hetero) is 2. The van der Waals surface area contributed by atoms with Gasteiger partial charge in [0.05, 0.1) is 12.6 Å². The summed E-state index contributed by atoms with van der Waals surface area (Å²) in [6, 6.07) is 2.24. The third-order valence-electron chi connectivity index (χ3n) is 14.1. The number of hydrogen-bond donors (Lipinski definition) is 0. The van der Waals surface area contributed by atoms with Gasteiger partial charge in [0.15, 0.2) is 11.6 Å². The summed E-state index contributed by atoms with van der Waals surface area (Å²) in [4.78, 5) is 29.6. The smallest absolute Gasteiger partial charge is 0.181 e. The molecule has 9 atom stereocenters. The molecule has 0 spiro atoms. The van der Waals surface area contributed by atoms with Crippen LogP contribution in [0, 0.1) is 62.1 Å². The normalized spacial score (nSPS) is 47.7. The minimum Gasteiger partial charge on any atom is -0.299 e. The molecule has 5 aliphatic rings. The fourth-order valence-corrected chi connectivity index (χ4v) is 11.4. The molecule has 6 rings (SSSR count). The highest BCUT2D eigenvalue weighted by atomic mass is 16.1. The van der Waals surface area contributed by atoms with Crippen molar-refractivity contribution in [1.29, 1.82) is 5.26 Å². The highest BCUT2D eigenvalue weighted by Crippen LogP contribution is 2.75. The summed E-state index contributed by atoms with van der Waals surface area (Å²) in [5.41, 5.74) is -0.945. The maximum Gasteiger partial charge on any atom is 0.181 e. The van der Waals surface area contributed by atoms with Gasteiger partial charge >= 0.3 is 0 Å². The molecule has 0 saturated heterocycles. The molecule has 5 aliphatic carbocycles. The number of carbonyl (C=O) groups excluding carboxylic acids is 2. The molecule has 0 radical (unpaired) electrons. The molecule has 1 aromatic heterocycles. The van der Waals surface area contributed by atoms with Gasteiger partial charge < -0.3 is 0 Å². The molecule has 4 fully saturated rings. The molecule has 216 valence electrons. The fourth-order valence-electron chi connectivity index (χ4n) is 11.4. The molecule has 0 amide bonds. The van der Waals surface area contributed by atoms with E-state index in [4.69, 9.17) is 5.10 Å². The summed E-state index contributed by atoms with van der Waals surface area (Å²) in [6.07, 6.45) is 10.7. The first-order valence-electron chi connectivity index (χ1n) is 15.6. The molecular weight excluding hydrogens is 498 g/mol. The summed E-state index contributed by atoms with van der Waals surface area (Å²) < 4.78 is 0. The van der Waals surface area contributed by atoms with E-state index in [1.807, 2.05) is 27.0 Å². The minimum atomic E-state index is -0.609. The number of carbonyl (C=O) groups is 2. The zero-order valence-corrected chi connectivity index (χ0v) is 25.8. The third-order valence-corrected chi connectivity index (χ3v) is 14.1. The lowest BCUT2D eigenvalue weighted by Crippen LogP contribution is -2.69. The van der Waals surface area contributed by atoms with Gasteiger partial charge in [-0.15, -0.1) is 10.2 Å². The predicted molar refractivity (Wildman–Crippen MR) is 152 cm³/mol. The van der Waals surface area contributed by atoms with Gasteiger partial charge in [-0.1, -0.05) is 61.0 Å². The van der Waals surface area contributed by atoms with Gasteiger partial charge in [0.1, 0.15) is 11.9 Å². The van der Waals surface area contributed by atoms with E-state index in [0.717, 1.165) is 57.2 Å². The van der Waals surface area contributed by atoms with Crippen molar-refractivity contribution in [1.82, 2.24) is 20.2 Å². The molecular formula is C33H47N5O2. The van der Waals surface area contributed by atoms with Crippen LogP contribution in [0.15, 0.2) is 11.6 Å². The van der Waals surface area contributed by atoms with Gasteiger partial charge in [-0.25, -0.2) is 0 Å². The summed E-state index contributed by atoms with van der Waals surface area (Å²) in [6.45, 7) is 15.9. The van der Waals surface area contributed by atoms with E-state index >= 15 is 0 Å². The van der Waals surface area contributed by atoms with Crippen molar-refractivity contribution in [2.45, 2.75) is 112 Å². The molecule has 40 heavy (non-hydrogen) atoms. The Morgan fingerprint density at radius 2 is 1.70 bits per heavy atom. The number of tetrazole rings is 1. The molecule has 1 heterocycles. The zero-order chi connectivity index (χ0) is 29.1. The van der Waals surface area contributed by atoms with Crippen molar-refractivity contribution in [2.75, 3.05) is 0 Å². The van der Waals surface area contributed by atoms with E-state index in [0.29, 0.717) is 12.2 Å². The number of allylic oxidation sites excluding steroid dienone is 2. The lowest BCUT2D eigenvalue weighted by Gasteiger charge is -2.71. The minimum absolute atomic E-state index is 0.0349. The number of aryl methyl sites for hydroxylation is 1. The molecule has 0 N–H and O–H groups in total. The Labute approximate surface area is 239 Å². The molecule has 0 aromatic carbocycles. The van der Waals surface area contributed by atoms with Crippen molar-refractivity contribution >= 4 is 11.6 Å². The quantitative estimate of drug-likeness (QED) is 0.442. The molecule has 0 bridgehead atoms.